The van der Waals surface area contributed by atoms with Crippen LogP contribution >= 0.6 is 0 Å². The van der Waals surface area contributed by atoms with E-state index in [9.17, 15) is 9.59 Å². The number of rotatable bonds is 4. The number of hydrogen-bond acceptors (Lipinski definition) is 3. The second-order valence-corrected chi connectivity index (χ2v) is 7.91. The molecule has 1 saturated carbocycles. The number of hydrogen-bond donors (Lipinski definition) is 1. The highest BCUT2D eigenvalue weighted by Crippen LogP contribution is 2.29. The molecular formula is C22H28N4O2. The van der Waals surface area contributed by atoms with Gasteiger partial charge in [-0.3, -0.25) is 9.59 Å². The average Bonchev–Trinajstić information content (AvgIpc) is 3.38. The van der Waals surface area contributed by atoms with Gasteiger partial charge in [0.1, 0.15) is 11.9 Å². The zero-order chi connectivity index (χ0) is 19.5. The molecule has 1 aromatic heterocycles. The lowest BCUT2D eigenvalue weighted by Gasteiger charge is -2.30. The van der Waals surface area contributed by atoms with Gasteiger partial charge in [-0.2, -0.15) is 0 Å². The minimum Gasteiger partial charge on any atom is -0.330 e. The molecule has 2 fully saturated rings. The van der Waals surface area contributed by atoms with Crippen molar-refractivity contribution in [3.8, 4) is 5.69 Å². The Bertz CT molecular complexity index is 836. The van der Waals surface area contributed by atoms with Crippen LogP contribution in [0.1, 0.15) is 50.8 Å². The maximum atomic E-state index is 12.9. The Labute approximate surface area is 165 Å². The zero-order valence-corrected chi connectivity index (χ0v) is 16.4. The number of imidazole rings is 1. The molecule has 148 valence electrons. The van der Waals surface area contributed by atoms with Gasteiger partial charge >= 0.3 is 0 Å². The normalized spacial score (nSPS) is 20.3. The predicted octanol–water partition coefficient (Wildman–Crippen LogP) is 3.69. The van der Waals surface area contributed by atoms with Gasteiger partial charge in [-0.05, 0) is 56.9 Å². The van der Waals surface area contributed by atoms with E-state index >= 15 is 0 Å². The molecular weight excluding hydrogens is 352 g/mol. The van der Waals surface area contributed by atoms with Crippen molar-refractivity contribution >= 4 is 17.5 Å². The summed E-state index contributed by atoms with van der Waals surface area (Å²) in [6, 6.07) is 7.38. The summed E-state index contributed by atoms with van der Waals surface area (Å²) in [5, 5.41) is 3.00. The van der Waals surface area contributed by atoms with Crippen molar-refractivity contribution in [3.63, 3.8) is 0 Å². The predicted molar refractivity (Wildman–Crippen MR) is 108 cm³/mol. The van der Waals surface area contributed by atoms with E-state index in [-0.39, 0.29) is 23.8 Å². The van der Waals surface area contributed by atoms with E-state index in [1.165, 1.54) is 6.42 Å². The zero-order valence-electron chi connectivity index (χ0n) is 16.4. The summed E-state index contributed by atoms with van der Waals surface area (Å²) in [6.07, 6.45) is 10.7. The molecule has 2 amide bonds. The third-order valence-electron chi connectivity index (χ3n) is 6.03. The van der Waals surface area contributed by atoms with Gasteiger partial charge in [-0.25, -0.2) is 4.98 Å². The van der Waals surface area contributed by atoms with Crippen LogP contribution in [0, 0.1) is 12.8 Å². The summed E-state index contributed by atoms with van der Waals surface area (Å²) in [5.74, 6) is 1.14. The summed E-state index contributed by atoms with van der Waals surface area (Å²) < 4.78 is 1.99. The first-order valence-corrected chi connectivity index (χ1v) is 10.4. The molecule has 28 heavy (non-hydrogen) atoms. The van der Waals surface area contributed by atoms with Crippen LogP contribution in [0.15, 0.2) is 36.7 Å². The van der Waals surface area contributed by atoms with Gasteiger partial charge in [0, 0.05) is 36.2 Å². The van der Waals surface area contributed by atoms with E-state index in [1.807, 2.05) is 46.9 Å². The molecule has 1 aliphatic heterocycles. The Hall–Kier alpha value is -2.63. The highest BCUT2D eigenvalue weighted by Gasteiger charge is 2.37. The molecule has 2 aromatic rings. The molecule has 6 nitrogen and oxygen atoms in total. The highest BCUT2D eigenvalue weighted by molar-refractivity contribution is 5.97. The van der Waals surface area contributed by atoms with Crippen LogP contribution in [0.3, 0.4) is 0 Å². The lowest BCUT2D eigenvalue weighted by atomic mass is 9.88. The largest absolute Gasteiger partial charge is 0.330 e. The SMILES string of the molecule is Cc1nccn1-c1ccc(NC(=O)[C@@H]2CCCN2C(=O)C2CCCCC2)cc1. The summed E-state index contributed by atoms with van der Waals surface area (Å²) in [4.78, 5) is 31.8. The third kappa shape index (κ3) is 3.81. The topological polar surface area (TPSA) is 67.2 Å². The first-order valence-electron chi connectivity index (χ1n) is 10.4. The van der Waals surface area contributed by atoms with Crippen molar-refractivity contribution in [2.24, 2.45) is 5.92 Å². The van der Waals surface area contributed by atoms with Crippen LogP contribution in [0.5, 0.6) is 0 Å². The van der Waals surface area contributed by atoms with Gasteiger partial charge < -0.3 is 14.8 Å². The molecule has 4 rings (SSSR count). The Morgan fingerprint density at radius 3 is 2.46 bits per heavy atom. The summed E-state index contributed by atoms with van der Waals surface area (Å²) in [6.45, 7) is 2.65. The van der Waals surface area contributed by atoms with Crippen molar-refractivity contribution in [3.05, 3.63) is 42.5 Å². The lowest BCUT2D eigenvalue weighted by molar-refractivity contribution is -0.141. The van der Waals surface area contributed by atoms with Gasteiger partial charge in [0.05, 0.1) is 0 Å². The van der Waals surface area contributed by atoms with Crippen molar-refractivity contribution < 1.29 is 9.59 Å². The van der Waals surface area contributed by atoms with Crippen LogP contribution in [0.25, 0.3) is 5.69 Å². The van der Waals surface area contributed by atoms with Crippen LogP contribution in [0.4, 0.5) is 5.69 Å². The summed E-state index contributed by atoms with van der Waals surface area (Å²) in [5.41, 5.74) is 1.76. The van der Waals surface area contributed by atoms with E-state index in [0.717, 1.165) is 55.7 Å². The minimum absolute atomic E-state index is 0.0757. The maximum absolute atomic E-state index is 12.9. The molecule has 1 aliphatic carbocycles. The Kier molecular flexibility index (Phi) is 5.46. The number of nitrogens with zero attached hydrogens (tertiary/aromatic N) is 3. The van der Waals surface area contributed by atoms with E-state index in [2.05, 4.69) is 10.3 Å². The van der Waals surface area contributed by atoms with Gasteiger partial charge in [0.2, 0.25) is 11.8 Å². The summed E-state index contributed by atoms with van der Waals surface area (Å²) in [7, 11) is 0. The average molecular weight is 380 g/mol. The molecule has 1 N–H and O–H groups in total. The van der Waals surface area contributed by atoms with E-state index < -0.39 is 0 Å². The lowest BCUT2D eigenvalue weighted by Crippen LogP contribution is -2.46. The third-order valence-corrected chi connectivity index (χ3v) is 6.03. The number of anilines is 1. The van der Waals surface area contributed by atoms with E-state index in [1.54, 1.807) is 6.20 Å². The van der Waals surface area contributed by atoms with Crippen LogP contribution in [0.2, 0.25) is 0 Å². The maximum Gasteiger partial charge on any atom is 0.247 e. The first-order chi connectivity index (χ1) is 13.6. The number of carbonyl (C=O) groups is 2. The number of carbonyl (C=O) groups excluding carboxylic acids is 2. The number of aromatic nitrogens is 2. The second-order valence-electron chi connectivity index (χ2n) is 7.91. The quantitative estimate of drug-likeness (QED) is 0.880. The van der Waals surface area contributed by atoms with Gasteiger partial charge in [0.15, 0.2) is 0 Å². The smallest absolute Gasteiger partial charge is 0.247 e. The second kappa shape index (κ2) is 8.17. The van der Waals surface area contributed by atoms with E-state index in [0.29, 0.717) is 6.54 Å². The molecule has 1 aromatic carbocycles. The highest BCUT2D eigenvalue weighted by atomic mass is 16.2. The van der Waals surface area contributed by atoms with E-state index in [4.69, 9.17) is 0 Å². The fraction of sp³-hybridized carbons (Fsp3) is 0.500. The Morgan fingerprint density at radius 1 is 1.04 bits per heavy atom. The van der Waals surface area contributed by atoms with Crippen LogP contribution in [-0.4, -0.2) is 38.9 Å². The molecule has 0 unspecified atom stereocenters. The number of likely N-dealkylation sites (tertiary alicyclic amines) is 1. The fourth-order valence-corrected chi connectivity index (χ4v) is 4.47. The van der Waals surface area contributed by atoms with Crippen molar-refractivity contribution in [2.75, 3.05) is 11.9 Å². The molecule has 0 radical (unpaired) electrons. The van der Waals surface area contributed by atoms with Gasteiger partial charge in [0.25, 0.3) is 0 Å². The fourth-order valence-electron chi connectivity index (χ4n) is 4.47. The number of nitrogens with one attached hydrogen (secondary N) is 1. The molecule has 0 bridgehead atoms. The van der Waals surface area contributed by atoms with Crippen LogP contribution in [-0.2, 0) is 9.59 Å². The molecule has 0 spiro atoms. The standard InChI is InChI=1S/C22H28N4O2/c1-16-23-13-15-25(16)19-11-9-18(10-12-19)24-21(27)20-8-5-14-26(20)22(28)17-6-3-2-4-7-17/h9-13,15,17,20H,2-8,14H2,1H3,(H,24,27)/t20-/m0/s1. The molecule has 1 saturated heterocycles. The minimum atomic E-state index is -0.343. The Balaban J connectivity index is 1.41. The van der Waals surface area contributed by atoms with Gasteiger partial charge in [-0.15, -0.1) is 0 Å². The van der Waals surface area contributed by atoms with Crippen molar-refractivity contribution in [1.29, 1.82) is 0 Å². The van der Waals surface area contributed by atoms with Crippen LogP contribution < -0.4 is 5.32 Å². The monoisotopic (exact) mass is 380 g/mol. The van der Waals surface area contributed by atoms with Crippen molar-refractivity contribution in [1.82, 2.24) is 14.5 Å². The Morgan fingerprint density at radius 2 is 1.79 bits per heavy atom. The molecule has 1 atom stereocenters. The molecule has 2 heterocycles. The number of benzene rings is 1. The van der Waals surface area contributed by atoms with Gasteiger partial charge in [-0.1, -0.05) is 19.3 Å². The molecule has 2 aliphatic rings. The van der Waals surface area contributed by atoms with Crippen molar-refractivity contribution in [2.45, 2.75) is 57.9 Å². The molecule has 6 heteroatoms. The summed E-state index contributed by atoms with van der Waals surface area (Å²) >= 11 is 0. The first kappa shape index (κ1) is 18.7. The number of amides is 2. The number of aryl methyl sites for hydroxylation is 1.